The second-order valence-electron chi connectivity index (χ2n) is 8.56. The van der Waals surface area contributed by atoms with Crippen molar-refractivity contribution in [1.82, 2.24) is 10.2 Å². The molecule has 1 N–H and O–H groups in total. The summed E-state index contributed by atoms with van der Waals surface area (Å²) in [4.78, 5) is 7.30. The van der Waals surface area contributed by atoms with E-state index in [1.165, 1.54) is 5.56 Å². The predicted octanol–water partition coefficient (Wildman–Crippen LogP) is 4.11. The van der Waals surface area contributed by atoms with Gasteiger partial charge in [-0.2, -0.15) is 0 Å². The first-order chi connectivity index (χ1) is 15.7. The van der Waals surface area contributed by atoms with Crippen LogP contribution in [0.25, 0.3) is 0 Å². The normalized spacial score (nSPS) is 20.4. The van der Waals surface area contributed by atoms with Crippen LogP contribution < -0.4 is 10.1 Å². The summed E-state index contributed by atoms with van der Waals surface area (Å²) in [6, 6.07) is 12.2. The van der Waals surface area contributed by atoms with E-state index >= 15 is 0 Å². The first kappa shape index (κ1) is 25.8. The van der Waals surface area contributed by atoms with Crippen molar-refractivity contribution in [2.45, 2.75) is 38.4 Å². The molecule has 3 heterocycles. The minimum absolute atomic E-state index is 0. The van der Waals surface area contributed by atoms with Crippen LogP contribution in [0.15, 0.2) is 52.1 Å². The average molecular weight is 569 g/mol. The standard InChI is InChI=1S/C25H35N3O4.HI/c1-25(31-17-18-32-25)21-5-3-15-28(19-21)24(27-14-12-23-6-4-16-30-23)26-13-11-20-7-9-22(29-2)10-8-20;/h4,6-10,16,21H,3,5,11-15,17-19H2,1-2H3,(H,26,27);1H. The van der Waals surface area contributed by atoms with Gasteiger partial charge in [0.05, 0.1) is 26.6 Å². The Morgan fingerprint density at radius 2 is 1.97 bits per heavy atom. The van der Waals surface area contributed by atoms with Gasteiger partial charge in [-0.3, -0.25) is 4.99 Å². The zero-order valence-corrected chi connectivity index (χ0v) is 22.0. The van der Waals surface area contributed by atoms with Crippen molar-refractivity contribution in [1.29, 1.82) is 0 Å². The highest BCUT2D eigenvalue weighted by molar-refractivity contribution is 14.0. The zero-order valence-electron chi connectivity index (χ0n) is 19.6. The molecule has 1 aromatic heterocycles. The van der Waals surface area contributed by atoms with E-state index in [0.717, 1.165) is 62.8 Å². The SMILES string of the molecule is COc1ccc(CCNC(=NCCc2ccco2)N2CCCC(C3(C)OCCO3)C2)cc1.I. The van der Waals surface area contributed by atoms with Gasteiger partial charge in [0.25, 0.3) is 0 Å². The third-order valence-electron chi connectivity index (χ3n) is 6.38. The van der Waals surface area contributed by atoms with Gasteiger partial charge in [0.2, 0.25) is 0 Å². The van der Waals surface area contributed by atoms with Crippen LogP contribution in [0, 0.1) is 5.92 Å². The van der Waals surface area contributed by atoms with Gasteiger partial charge in [-0.1, -0.05) is 12.1 Å². The fourth-order valence-corrected chi connectivity index (χ4v) is 4.47. The highest BCUT2D eigenvalue weighted by atomic mass is 127. The molecule has 0 aliphatic carbocycles. The summed E-state index contributed by atoms with van der Waals surface area (Å²) < 4.78 is 22.7. The van der Waals surface area contributed by atoms with E-state index < -0.39 is 5.79 Å². The first-order valence-electron chi connectivity index (χ1n) is 11.6. The molecule has 2 saturated heterocycles. The number of halogens is 1. The maximum absolute atomic E-state index is 5.96. The molecule has 0 saturated carbocycles. The van der Waals surface area contributed by atoms with Gasteiger partial charge in [-0.15, -0.1) is 24.0 Å². The molecule has 0 spiro atoms. The molecule has 2 aromatic rings. The molecule has 2 aliphatic rings. The number of benzene rings is 1. The molecule has 1 unspecified atom stereocenters. The lowest BCUT2D eigenvalue weighted by Crippen LogP contribution is -2.52. The molecule has 2 aliphatic heterocycles. The maximum Gasteiger partial charge on any atom is 0.193 e. The van der Waals surface area contributed by atoms with Crippen LogP contribution >= 0.6 is 24.0 Å². The summed E-state index contributed by atoms with van der Waals surface area (Å²) in [5.41, 5.74) is 1.27. The van der Waals surface area contributed by atoms with Crippen molar-refractivity contribution in [3.8, 4) is 5.75 Å². The Kier molecular flexibility index (Phi) is 9.88. The van der Waals surface area contributed by atoms with Crippen LogP contribution in [0.1, 0.15) is 31.1 Å². The number of hydrogen-bond donors (Lipinski definition) is 1. The Hall–Kier alpha value is -1.78. The highest BCUT2D eigenvalue weighted by Gasteiger charge is 2.42. The van der Waals surface area contributed by atoms with Gasteiger partial charge in [0, 0.05) is 38.5 Å². The van der Waals surface area contributed by atoms with Crippen LogP contribution in [-0.4, -0.2) is 63.1 Å². The summed E-state index contributed by atoms with van der Waals surface area (Å²) in [7, 11) is 1.69. The molecule has 0 bridgehead atoms. The van der Waals surface area contributed by atoms with E-state index in [2.05, 4.69) is 29.3 Å². The van der Waals surface area contributed by atoms with Gasteiger partial charge in [0.1, 0.15) is 11.5 Å². The number of ether oxygens (including phenoxy) is 3. The minimum Gasteiger partial charge on any atom is -0.497 e. The van der Waals surface area contributed by atoms with Crippen LogP contribution in [-0.2, 0) is 22.3 Å². The Morgan fingerprint density at radius 1 is 1.18 bits per heavy atom. The Bertz CT molecular complexity index is 851. The van der Waals surface area contributed by atoms with E-state index in [4.69, 9.17) is 23.6 Å². The Morgan fingerprint density at radius 3 is 2.67 bits per heavy atom. The summed E-state index contributed by atoms with van der Waals surface area (Å²) in [5.74, 6) is 2.64. The number of guanidine groups is 1. The molecule has 0 amide bonds. The lowest BCUT2D eigenvalue weighted by atomic mass is 9.90. The number of nitrogens with one attached hydrogen (secondary N) is 1. The maximum atomic E-state index is 5.96. The number of likely N-dealkylation sites (tertiary alicyclic amines) is 1. The lowest BCUT2D eigenvalue weighted by Gasteiger charge is -2.41. The van der Waals surface area contributed by atoms with Crippen molar-refractivity contribution in [2.24, 2.45) is 10.9 Å². The van der Waals surface area contributed by atoms with Gasteiger partial charge < -0.3 is 28.8 Å². The fourth-order valence-electron chi connectivity index (χ4n) is 4.47. The number of nitrogens with zero attached hydrogens (tertiary/aromatic N) is 2. The topological polar surface area (TPSA) is 68.5 Å². The van der Waals surface area contributed by atoms with E-state index in [1.54, 1.807) is 13.4 Å². The van der Waals surface area contributed by atoms with E-state index in [1.807, 2.05) is 24.3 Å². The molecule has 182 valence electrons. The number of piperidine rings is 1. The van der Waals surface area contributed by atoms with Crippen molar-refractivity contribution in [3.05, 3.63) is 54.0 Å². The van der Waals surface area contributed by atoms with Crippen LogP contribution in [0.5, 0.6) is 5.75 Å². The third-order valence-corrected chi connectivity index (χ3v) is 6.38. The number of aliphatic imine (C=N–C) groups is 1. The van der Waals surface area contributed by atoms with Gasteiger partial charge in [-0.05, 0) is 56.0 Å². The van der Waals surface area contributed by atoms with Crippen LogP contribution in [0.3, 0.4) is 0 Å². The van der Waals surface area contributed by atoms with Crippen molar-refractivity contribution < 1.29 is 18.6 Å². The van der Waals surface area contributed by atoms with E-state index in [0.29, 0.717) is 25.7 Å². The Labute approximate surface area is 213 Å². The van der Waals surface area contributed by atoms with E-state index in [9.17, 15) is 0 Å². The molecule has 4 rings (SSSR count). The third kappa shape index (κ3) is 7.10. The smallest absolute Gasteiger partial charge is 0.193 e. The number of methoxy groups -OCH3 is 1. The van der Waals surface area contributed by atoms with Crippen molar-refractivity contribution >= 4 is 29.9 Å². The number of furan rings is 1. The summed E-state index contributed by atoms with van der Waals surface area (Å²) >= 11 is 0. The van der Waals surface area contributed by atoms with Crippen molar-refractivity contribution in [3.63, 3.8) is 0 Å². The minimum atomic E-state index is -0.485. The van der Waals surface area contributed by atoms with Crippen LogP contribution in [0.2, 0.25) is 0 Å². The first-order valence-corrected chi connectivity index (χ1v) is 11.6. The van der Waals surface area contributed by atoms with Crippen LogP contribution in [0.4, 0.5) is 0 Å². The zero-order chi connectivity index (χ0) is 22.2. The molecular formula is C25H36IN3O4. The molecule has 8 heteroatoms. The molecule has 0 radical (unpaired) electrons. The number of rotatable bonds is 8. The summed E-state index contributed by atoms with van der Waals surface area (Å²) in [6.07, 6.45) is 5.63. The van der Waals surface area contributed by atoms with Gasteiger partial charge in [-0.25, -0.2) is 0 Å². The largest absolute Gasteiger partial charge is 0.497 e. The average Bonchev–Trinajstić information content (AvgIpc) is 3.51. The molecule has 1 aromatic carbocycles. The molecule has 7 nitrogen and oxygen atoms in total. The van der Waals surface area contributed by atoms with Crippen molar-refractivity contribution in [2.75, 3.05) is 46.5 Å². The summed E-state index contributed by atoms with van der Waals surface area (Å²) in [6.45, 7) is 6.81. The molecule has 1 atom stereocenters. The number of hydrogen-bond acceptors (Lipinski definition) is 5. The molecular weight excluding hydrogens is 533 g/mol. The lowest BCUT2D eigenvalue weighted by molar-refractivity contribution is -0.189. The second kappa shape index (κ2) is 12.6. The van der Waals surface area contributed by atoms with Gasteiger partial charge >= 0.3 is 0 Å². The quantitative estimate of drug-likeness (QED) is 0.293. The van der Waals surface area contributed by atoms with Gasteiger partial charge in [0.15, 0.2) is 11.7 Å². The highest BCUT2D eigenvalue weighted by Crippen LogP contribution is 2.34. The molecule has 2 fully saturated rings. The summed E-state index contributed by atoms with van der Waals surface area (Å²) in [5, 5.41) is 3.60. The van der Waals surface area contributed by atoms with E-state index in [-0.39, 0.29) is 24.0 Å². The Balaban J connectivity index is 0.00000306. The molecule has 33 heavy (non-hydrogen) atoms. The monoisotopic (exact) mass is 569 g/mol. The predicted molar refractivity (Wildman–Crippen MR) is 139 cm³/mol. The second-order valence-corrected chi connectivity index (χ2v) is 8.56. The fraction of sp³-hybridized carbons (Fsp3) is 0.560.